The van der Waals surface area contributed by atoms with Gasteiger partial charge in [0.2, 0.25) is 53.5 Å². The van der Waals surface area contributed by atoms with Gasteiger partial charge in [0.15, 0.2) is 70.3 Å². The summed E-state index contributed by atoms with van der Waals surface area (Å²) in [6, 6.07) is -2.03. The zero-order valence-electron chi connectivity index (χ0n) is 79.7. The van der Waals surface area contributed by atoms with Crippen molar-refractivity contribution in [1.82, 2.24) is 113 Å². The molecule has 0 aliphatic carbocycles. The van der Waals surface area contributed by atoms with Gasteiger partial charge < -0.3 is 97.2 Å². The number of carbonyl (C=O) groups excluding carboxylic acids is 20. The lowest BCUT2D eigenvalue weighted by atomic mass is 9.86. The summed E-state index contributed by atoms with van der Waals surface area (Å²) in [4.78, 5) is 243. The molecule has 45 nitrogen and oxygen atoms in total. The number of β-lactam (4-membered cyclic amide) rings is 10. The molecule has 20 heterocycles. The van der Waals surface area contributed by atoms with Crippen molar-refractivity contribution in [2.24, 2.45) is 0 Å². The Morgan fingerprint density at radius 1 is 0.346 bits per heavy atom. The predicted octanol–water partition coefficient (Wildman–Crippen LogP) is -5.53. The van der Waals surface area contributed by atoms with Crippen LogP contribution < -0.4 is 63.8 Å². The minimum absolute atomic E-state index is 0.000972. The topological polar surface area (TPSA) is 546 Å². The minimum Gasteiger partial charge on any atom is -0.473 e. The van der Waals surface area contributed by atoms with Gasteiger partial charge >= 0.3 is 0 Å². The third-order valence-electron chi connectivity index (χ3n) is 26.5. The molecule has 0 bridgehead atoms. The number of nitrogens with one attached hydrogen (secondary N) is 12. The average molecular weight is 1950 g/mol. The molecular weight excluding hydrogens is 1830 g/mol. The second-order valence-corrected chi connectivity index (χ2v) is 37.7. The molecular formula is C88H124N22O23S3. The van der Waals surface area contributed by atoms with Crippen molar-refractivity contribution in [1.29, 1.82) is 0 Å². The van der Waals surface area contributed by atoms with Gasteiger partial charge in [-0.25, -0.2) is 0 Å². The summed E-state index contributed by atoms with van der Waals surface area (Å²) in [5, 5.41) is 37.5. The average Bonchev–Trinajstić information content (AvgIpc) is 0.944. The van der Waals surface area contributed by atoms with Gasteiger partial charge in [0.05, 0.1) is 71.9 Å². The lowest BCUT2D eigenvalue weighted by molar-refractivity contribution is -0.207. The largest absolute Gasteiger partial charge is 0.473 e. The van der Waals surface area contributed by atoms with Gasteiger partial charge in [-0.3, -0.25) is 126 Å². The van der Waals surface area contributed by atoms with Crippen LogP contribution in [0.4, 0.5) is 0 Å². The number of allylic oxidation sites excluding steroid dienone is 8. The predicted molar refractivity (Wildman–Crippen MR) is 494 cm³/mol. The van der Waals surface area contributed by atoms with Crippen LogP contribution in [0, 0.1) is 0 Å². The summed E-state index contributed by atoms with van der Waals surface area (Å²) in [6.45, 7) is 16.7. The fraction of sp³-hybridized carbons (Fsp3) is 0.614. The first-order valence-electron chi connectivity index (χ1n) is 44.9. The van der Waals surface area contributed by atoms with Crippen LogP contribution in [0.5, 0.6) is 0 Å². The highest BCUT2D eigenvalue weighted by Crippen LogP contribution is 2.44. The Balaban J connectivity index is 0.000000145. The van der Waals surface area contributed by atoms with Gasteiger partial charge in [-0.15, -0.1) is 35.3 Å². The number of ether oxygens (including phenoxy) is 3. The summed E-state index contributed by atoms with van der Waals surface area (Å²) < 4.78 is 15.9. The van der Waals surface area contributed by atoms with Crippen molar-refractivity contribution in [3.8, 4) is 0 Å². The first-order valence-corrected chi connectivity index (χ1v) is 48.0. The molecule has 20 aliphatic heterocycles. The first kappa shape index (κ1) is 106. The molecule has 0 aromatic rings. The molecule has 20 rings (SSSR count). The van der Waals surface area contributed by atoms with Crippen LogP contribution in [-0.2, 0) is 110 Å². The maximum atomic E-state index is 11.6. The zero-order chi connectivity index (χ0) is 100. The maximum absolute atomic E-state index is 11.6. The number of amides is 10. The van der Waals surface area contributed by atoms with Gasteiger partial charge in [-0.1, -0.05) is 12.2 Å². The number of carbonyl (C=O) groups is 20. The van der Waals surface area contributed by atoms with Crippen LogP contribution in [-0.4, -0.2) is 405 Å². The molecule has 136 heavy (non-hydrogen) atoms. The van der Waals surface area contributed by atoms with E-state index in [2.05, 4.69) is 63.8 Å². The van der Waals surface area contributed by atoms with E-state index >= 15 is 0 Å². The van der Waals surface area contributed by atoms with Gasteiger partial charge in [-0.05, 0) is 154 Å². The Labute approximate surface area is 800 Å². The Bertz CT molecular complexity index is 4550. The Morgan fingerprint density at radius 2 is 0.765 bits per heavy atom. The number of nitrogens with zero attached hydrogens (tertiary/aromatic N) is 10. The highest BCUT2D eigenvalue weighted by Gasteiger charge is 2.61. The summed E-state index contributed by atoms with van der Waals surface area (Å²) in [7, 11) is 17.5. The SMILES string of the molecule is CNC1C(=O)N2C(C(C)=O)=CCC12.CNC1C(=O)N2C(C(C)=O)=CCCC12.CNC1C(=O)N2C(C(C)=O)=CCOC12.CNC1C(=O)N2C(C(C)=O)=CCSC12.CNC1C(=O)N2C(C(C)=O)=CNC12.CNC1C(=O)N2C(C(C)=O)=COC12.CNC1C(=O)N2C(C(C)=O)=CSC12.CNC1C(=O)N2C(C(C)=O)CCNC12.CNC1C(=O)N2C(C(C)=O)CCOC12.CNC1C(=O)N2C(C(C)=O)CCSC12. The highest BCUT2D eigenvalue weighted by atomic mass is 32.2. The molecule has 23 unspecified atom stereocenters. The summed E-state index contributed by atoms with van der Waals surface area (Å²) in [5.74, 6) is 1.45. The molecule has 48 heteroatoms. The van der Waals surface area contributed by atoms with Crippen LogP contribution in [0.2, 0.25) is 0 Å². The number of likely N-dealkylation sites (N-methyl/N-ethyl adjacent to an activating group) is 10. The lowest BCUT2D eigenvalue weighted by Crippen LogP contribution is -2.79. The van der Waals surface area contributed by atoms with E-state index in [1.807, 2.05) is 18.2 Å². The maximum Gasteiger partial charge on any atom is 0.253 e. The first-order chi connectivity index (χ1) is 64.6. The van der Waals surface area contributed by atoms with E-state index in [1.54, 1.807) is 160 Å². The van der Waals surface area contributed by atoms with Gasteiger partial charge in [0.25, 0.3) is 11.8 Å². The standard InChI is InChI=1S/C10H14N2O2.C9H15N3O2.C9H14N2O3.C9H12N2O3.C9H14N2O2S.C9H12N2O2S.C9H12N2O2.C8H11N3O2.C8H10N2O3.C8H10N2O2S/c1-6(13)7-4-3-5-8-9(11-2)10(14)12(7)8;1-5(13)6-3-4-11-8-7(10-2)9(14)12(6)8;4*1-5(12)6-3-4-14-9-7(10-2)8(13)11(6)9;1-5(12)6-3-4-7-8(10-2)9(13)11(6)7;1-4(12)5-3-10-7-6(9-2)8(13)11(5)7;2*1-4(11)5-3-13-8-6(9-2)7(12)10(5)8/h4,8-9,11H,3,5H2,1-2H3;6-8,10-11H,3-4H2,1-2H3;6-7,9-10H,3-4H2,1-2H3;3,7,9-10H,4H2,1-2H3;6-7,9-10H,3-4H2,1-2H3;3,7,9-10H,4H2,1-2H3;3,7-8,10H,4H2,1-2H3;3,6-7,9-10H,1-2H3;2*3,6,8-9H,1-2H3. The van der Waals surface area contributed by atoms with Crippen molar-refractivity contribution in [2.45, 2.75) is 246 Å². The van der Waals surface area contributed by atoms with Crippen LogP contribution >= 0.6 is 35.3 Å². The van der Waals surface area contributed by atoms with Crippen LogP contribution in [0.1, 0.15) is 108 Å². The van der Waals surface area contributed by atoms with E-state index in [0.29, 0.717) is 59.5 Å². The fourth-order valence-electron chi connectivity index (χ4n) is 19.2. The Morgan fingerprint density at radius 3 is 1.30 bits per heavy atom. The molecule has 12 N–H and O–H groups in total. The van der Waals surface area contributed by atoms with E-state index in [0.717, 1.165) is 50.2 Å². The fourth-order valence-corrected chi connectivity index (χ4v) is 23.2. The van der Waals surface area contributed by atoms with Gasteiger partial charge in [0.1, 0.15) is 107 Å². The monoisotopic (exact) mass is 1950 g/mol. The lowest BCUT2D eigenvalue weighted by Gasteiger charge is -2.53. The Hall–Kier alpha value is -10.3. The van der Waals surface area contributed by atoms with E-state index in [9.17, 15) is 95.9 Å². The number of thioether (sulfide) groups is 3. The molecule has 0 saturated carbocycles. The normalized spacial score (nSPS) is 32.4. The number of ketones is 10. The molecule has 20 aliphatic rings. The molecule has 23 atom stereocenters. The Kier molecular flexibility index (Phi) is 35.2. The van der Waals surface area contributed by atoms with Crippen LogP contribution in [0.25, 0.3) is 0 Å². The molecule has 13 fully saturated rings. The molecule has 10 amide bonds. The number of Topliss-reactive ketones (excluding diaryl/α,β-unsaturated/α-hetero) is 10. The van der Waals surface area contributed by atoms with Crippen molar-refractivity contribution < 1.29 is 110 Å². The van der Waals surface area contributed by atoms with E-state index in [4.69, 9.17) is 14.2 Å². The van der Waals surface area contributed by atoms with E-state index < -0.39 is 0 Å². The molecule has 0 radical (unpaired) electrons. The molecule has 742 valence electrons. The van der Waals surface area contributed by atoms with Gasteiger partial charge in [0, 0.05) is 65.8 Å². The van der Waals surface area contributed by atoms with Crippen LogP contribution in [0.3, 0.4) is 0 Å². The zero-order valence-corrected chi connectivity index (χ0v) is 82.1. The quantitative estimate of drug-likeness (QED) is 0.0506. The molecule has 0 aromatic carbocycles. The second-order valence-electron chi connectivity index (χ2n) is 34.4. The molecule has 0 spiro atoms. The summed E-state index contributed by atoms with van der Waals surface area (Å²) >= 11 is 4.97. The number of hydrogen-bond acceptors (Lipinski definition) is 38. The smallest absolute Gasteiger partial charge is 0.253 e. The van der Waals surface area contributed by atoms with Crippen molar-refractivity contribution >= 4 is 152 Å². The summed E-state index contributed by atoms with van der Waals surface area (Å²) in [6.07, 6.45) is 14.0. The third kappa shape index (κ3) is 19.9. The molecule has 0 aromatic heterocycles. The third-order valence-corrected chi connectivity index (χ3v) is 30.1. The number of rotatable bonds is 20. The van der Waals surface area contributed by atoms with Crippen molar-refractivity contribution in [3.63, 3.8) is 0 Å². The second kappa shape index (κ2) is 45.1. The van der Waals surface area contributed by atoms with Crippen molar-refractivity contribution in [2.75, 3.05) is 102 Å². The van der Waals surface area contributed by atoms with Gasteiger partial charge in [-0.2, -0.15) is 0 Å². The van der Waals surface area contributed by atoms with E-state index in [1.165, 1.54) is 88.1 Å². The minimum atomic E-state index is -0.323. The van der Waals surface area contributed by atoms with Crippen molar-refractivity contribution in [3.05, 3.63) is 82.1 Å². The number of fused-ring (bicyclic) bond motifs is 10. The van der Waals surface area contributed by atoms with E-state index in [-0.39, 0.29) is 255 Å². The van der Waals surface area contributed by atoms with Crippen LogP contribution in [0.15, 0.2) is 82.1 Å². The summed E-state index contributed by atoms with van der Waals surface area (Å²) in [5.41, 5.74) is 3.51. The highest BCUT2D eigenvalue weighted by molar-refractivity contribution is 8.03. The number of hydrogen-bond donors (Lipinski definition) is 12. The molecule has 13 saturated heterocycles.